The number of benzene rings is 2. The van der Waals surface area contributed by atoms with Crippen molar-refractivity contribution in [1.82, 2.24) is 9.89 Å². The smallest absolute Gasteiger partial charge is 0.171 e. The third-order valence-electron chi connectivity index (χ3n) is 3.58. The average Bonchev–Trinajstić information content (AvgIpc) is 2.85. The minimum Gasteiger partial charge on any atom is -0.496 e. The van der Waals surface area contributed by atoms with Gasteiger partial charge in [0.15, 0.2) is 6.29 Å². The van der Waals surface area contributed by atoms with E-state index in [9.17, 15) is 9.18 Å². The SMILES string of the molecule is COc1ccc(F)cc1Cc1cccc2c1c(C=O)nn2N. The van der Waals surface area contributed by atoms with Gasteiger partial charge in [-0.25, -0.2) is 4.39 Å². The number of halogens is 1. The normalized spacial score (nSPS) is 10.8. The number of hydrogen-bond donors (Lipinski definition) is 1. The fourth-order valence-corrected chi connectivity index (χ4v) is 2.61. The molecule has 0 fully saturated rings. The zero-order valence-corrected chi connectivity index (χ0v) is 11.9. The van der Waals surface area contributed by atoms with E-state index < -0.39 is 0 Å². The summed E-state index contributed by atoms with van der Waals surface area (Å²) in [6.45, 7) is 0. The first-order valence-corrected chi connectivity index (χ1v) is 6.67. The summed E-state index contributed by atoms with van der Waals surface area (Å²) in [5.41, 5.74) is 2.44. The summed E-state index contributed by atoms with van der Waals surface area (Å²) in [6.07, 6.45) is 1.07. The maximum Gasteiger partial charge on any atom is 0.171 e. The fourth-order valence-electron chi connectivity index (χ4n) is 2.61. The van der Waals surface area contributed by atoms with Crippen molar-refractivity contribution in [3.8, 4) is 5.75 Å². The Labute approximate surface area is 126 Å². The Balaban J connectivity index is 2.16. The van der Waals surface area contributed by atoms with Crippen LogP contribution in [0, 0.1) is 5.82 Å². The topological polar surface area (TPSA) is 70.1 Å². The molecule has 0 aliphatic carbocycles. The van der Waals surface area contributed by atoms with E-state index in [0.717, 1.165) is 5.56 Å². The summed E-state index contributed by atoms with van der Waals surface area (Å²) in [4.78, 5) is 12.4. The molecule has 0 saturated carbocycles. The van der Waals surface area contributed by atoms with Crippen LogP contribution in [0.5, 0.6) is 5.75 Å². The van der Waals surface area contributed by atoms with Gasteiger partial charge in [-0.3, -0.25) is 4.79 Å². The van der Waals surface area contributed by atoms with Crippen molar-refractivity contribution in [2.24, 2.45) is 0 Å². The monoisotopic (exact) mass is 299 g/mol. The predicted octanol–water partition coefficient (Wildman–Crippen LogP) is 2.30. The molecule has 0 aliphatic heterocycles. The highest BCUT2D eigenvalue weighted by Crippen LogP contribution is 2.27. The molecule has 3 aromatic rings. The Hall–Kier alpha value is -2.89. The van der Waals surface area contributed by atoms with E-state index in [1.165, 1.54) is 24.0 Å². The van der Waals surface area contributed by atoms with Crippen molar-refractivity contribution in [2.45, 2.75) is 6.42 Å². The van der Waals surface area contributed by atoms with Gasteiger partial charge in [-0.15, -0.1) is 5.10 Å². The third kappa shape index (κ3) is 2.28. The van der Waals surface area contributed by atoms with Crippen molar-refractivity contribution < 1.29 is 13.9 Å². The maximum absolute atomic E-state index is 13.5. The Kier molecular flexibility index (Phi) is 3.50. The molecule has 3 rings (SSSR count). The van der Waals surface area contributed by atoms with Crippen molar-refractivity contribution in [2.75, 3.05) is 13.0 Å². The highest BCUT2D eigenvalue weighted by Gasteiger charge is 2.14. The number of nitrogens with two attached hydrogens (primary N) is 1. The summed E-state index contributed by atoms with van der Waals surface area (Å²) >= 11 is 0. The lowest BCUT2D eigenvalue weighted by Gasteiger charge is -2.09. The quantitative estimate of drug-likeness (QED) is 0.593. The van der Waals surface area contributed by atoms with E-state index in [1.807, 2.05) is 12.1 Å². The van der Waals surface area contributed by atoms with Gasteiger partial charge in [0.1, 0.15) is 17.3 Å². The molecule has 0 unspecified atom stereocenters. The summed E-state index contributed by atoms with van der Waals surface area (Å²) in [5, 5.41) is 4.66. The molecule has 22 heavy (non-hydrogen) atoms. The van der Waals surface area contributed by atoms with Gasteiger partial charge in [-0.2, -0.15) is 4.79 Å². The van der Waals surface area contributed by atoms with Crippen LogP contribution < -0.4 is 10.6 Å². The molecule has 0 radical (unpaired) electrons. The number of rotatable bonds is 4. The molecule has 112 valence electrons. The van der Waals surface area contributed by atoms with E-state index in [2.05, 4.69) is 5.10 Å². The molecule has 0 amide bonds. The number of carbonyl (C=O) groups is 1. The van der Waals surface area contributed by atoms with Gasteiger partial charge in [0.05, 0.1) is 12.6 Å². The van der Waals surface area contributed by atoms with Gasteiger partial charge in [0.25, 0.3) is 0 Å². The molecule has 1 heterocycles. The molecule has 0 saturated heterocycles. The fraction of sp³-hybridized carbons (Fsp3) is 0.125. The molecule has 0 aliphatic rings. The standard InChI is InChI=1S/C16H14FN3O2/c1-22-15-6-5-12(17)8-11(15)7-10-3-2-4-14-16(10)13(9-21)19-20(14)18/h2-6,8-9H,7,18H2,1H3. The molecular weight excluding hydrogens is 285 g/mol. The number of nitrogens with zero attached hydrogens (tertiary/aromatic N) is 2. The predicted molar refractivity (Wildman–Crippen MR) is 81.0 cm³/mol. The number of methoxy groups -OCH3 is 1. The Morgan fingerprint density at radius 1 is 1.32 bits per heavy atom. The molecule has 2 aromatic carbocycles. The second kappa shape index (κ2) is 5.48. The van der Waals surface area contributed by atoms with Gasteiger partial charge in [-0.1, -0.05) is 12.1 Å². The van der Waals surface area contributed by atoms with E-state index >= 15 is 0 Å². The van der Waals surface area contributed by atoms with Gasteiger partial charge < -0.3 is 10.6 Å². The highest BCUT2D eigenvalue weighted by molar-refractivity contribution is 5.97. The molecule has 0 atom stereocenters. The molecule has 0 bridgehead atoms. The lowest BCUT2D eigenvalue weighted by Crippen LogP contribution is -2.09. The number of hydrogen-bond acceptors (Lipinski definition) is 4. The van der Waals surface area contributed by atoms with Crippen LogP contribution in [0.4, 0.5) is 4.39 Å². The number of ether oxygens (including phenoxy) is 1. The van der Waals surface area contributed by atoms with Crippen LogP contribution in [0.1, 0.15) is 21.6 Å². The molecular formula is C16H14FN3O2. The first-order valence-electron chi connectivity index (χ1n) is 6.67. The van der Waals surface area contributed by atoms with E-state index in [-0.39, 0.29) is 11.5 Å². The largest absolute Gasteiger partial charge is 0.496 e. The van der Waals surface area contributed by atoms with E-state index in [1.54, 1.807) is 12.1 Å². The second-order valence-electron chi connectivity index (χ2n) is 4.89. The second-order valence-corrected chi connectivity index (χ2v) is 4.89. The number of fused-ring (bicyclic) bond motifs is 1. The summed E-state index contributed by atoms with van der Waals surface area (Å²) in [6, 6.07) is 9.81. The molecule has 6 heteroatoms. The number of aromatic nitrogens is 2. The van der Waals surface area contributed by atoms with Crippen molar-refractivity contribution in [3.05, 3.63) is 59.0 Å². The maximum atomic E-state index is 13.5. The lowest BCUT2D eigenvalue weighted by molar-refractivity contribution is 0.112. The van der Waals surface area contributed by atoms with E-state index in [4.69, 9.17) is 10.6 Å². The molecule has 5 nitrogen and oxygen atoms in total. The first-order chi connectivity index (χ1) is 10.6. The van der Waals surface area contributed by atoms with Crippen LogP contribution in [0.2, 0.25) is 0 Å². The highest BCUT2D eigenvalue weighted by atomic mass is 19.1. The van der Waals surface area contributed by atoms with Gasteiger partial charge in [0, 0.05) is 17.4 Å². The summed E-state index contributed by atoms with van der Waals surface area (Å²) < 4.78 is 18.8. The lowest BCUT2D eigenvalue weighted by atomic mass is 9.99. The molecule has 2 N–H and O–H groups in total. The van der Waals surface area contributed by atoms with Crippen molar-refractivity contribution >= 4 is 17.2 Å². The molecule has 0 spiro atoms. The number of aldehydes is 1. The van der Waals surface area contributed by atoms with Crippen LogP contribution in [0.25, 0.3) is 10.9 Å². The van der Waals surface area contributed by atoms with Crippen LogP contribution in [0.15, 0.2) is 36.4 Å². The Morgan fingerprint density at radius 3 is 2.86 bits per heavy atom. The number of carbonyl (C=O) groups excluding carboxylic acids is 1. The zero-order valence-electron chi connectivity index (χ0n) is 11.9. The average molecular weight is 299 g/mol. The molecule has 1 aromatic heterocycles. The minimum atomic E-state index is -0.340. The van der Waals surface area contributed by atoms with Crippen molar-refractivity contribution in [3.63, 3.8) is 0 Å². The van der Waals surface area contributed by atoms with Crippen LogP contribution >= 0.6 is 0 Å². The zero-order chi connectivity index (χ0) is 15.7. The first kappa shape index (κ1) is 14.1. The van der Waals surface area contributed by atoms with Crippen LogP contribution in [0.3, 0.4) is 0 Å². The van der Waals surface area contributed by atoms with Crippen LogP contribution in [-0.2, 0) is 6.42 Å². The number of nitrogen functional groups attached to an aromatic ring is 1. The van der Waals surface area contributed by atoms with Gasteiger partial charge in [0.2, 0.25) is 0 Å². The van der Waals surface area contributed by atoms with Crippen LogP contribution in [-0.4, -0.2) is 23.3 Å². The minimum absolute atomic E-state index is 0.267. The summed E-state index contributed by atoms with van der Waals surface area (Å²) in [7, 11) is 1.53. The summed E-state index contributed by atoms with van der Waals surface area (Å²) in [5.74, 6) is 6.01. The van der Waals surface area contributed by atoms with Gasteiger partial charge >= 0.3 is 0 Å². The Morgan fingerprint density at radius 2 is 2.14 bits per heavy atom. The van der Waals surface area contributed by atoms with E-state index in [0.29, 0.717) is 34.9 Å². The third-order valence-corrected chi connectivity index (χ3v) is 3.58. The van der Waals surface area contributed by atoms with Gasteiger partial charge in [-0.05, 0) is 29.8 Å². The Bertz CT molecular complexity index is 858. The van der Waals surface area contributed by atoms with Crippen molar-refractivity contribution in [1.29, 1.82) is 0 Å².